The van der Waals surface area contributed by atoms with Crippen LogP contribution in [0.25, 0.3) is 0 Å². The third-order valence-corrected chi connectivity index (χ3v) is 4.65. The van der Waals surface area contributed by atoms with Gasteiger partial charge >= 0.3 is 0 Å². The number of piperidine rings is 1. The van der Waals surface area contributed by atoms with Gasteiger partial charge in [0, 0.05) is 23.4 Å². The van der Waals surface area contributed by atoms with E-state index in [1.165, 1.54) is 0 Å². The Balaban J connectivity index is 2.15. The average molecular weight is 280 g/mol. The smallest absolute Gasteiger partial charge is 0.144 e. The van der Waals surface area contributed by atoms with Crippen LogP contribution in [0.4, 0.5) is 0 Å². The molecule has 1 N–H and O–H groups in total. The van der Waals surface area contributed by atoms with Gasteiger partial charge in [-0.2, -0.15) is 0 Å². The monoisotopic (exact) mass is 279 g/mol. The lowest BCUT2D eigenvalue weighted by molar-refractivity contribution is -0.129. The van der Waals surface area contributed by atoms with Crippen molar-refractivity contribution in [3.05, 3.63) is 34.3 Å². The fourth-order valence-corrected chi connectivity index (χ4v) is 3.16. The quantitative estimate of drug-likeness (QED) is 0.913. The number of rotatable bonds is 4. The molecule has 1 aromatic rings. The van der Waals surface area contributed by atoms with E-state index in [2.05, 4.69) is 12.2 Å². The van der Waals surface area contributed by atoms with E-state index in [0.717, 1.165) is 43.5 Å². The highest BCUT2D eigenvalue weighted by molar-refractivity contribution is 6.31. The van der Waals surface area contributed by atoms with Gasteiger partial charge in [-0.25, -0.2) is 0 Å². The molecule has 3 heteroatoms. The van der Waals surface area contributed by atoms with E-state index in [9.17, 15) is 4.79 Å². The second-order valence-corrected chi connectivity index (χ2v) is 6.02. The molecule has 0 aromatic heterocycles. The van der Waals surface area contributed by atoms with Gasteiger partial charge in [-0.1, -0.05) is 30.7 Å². The summed E-state index contributed by atoms with van der Waals surface area (Å²) in [5, 5.41) is 4.07. The molecule has 1 aliphatic heterocycles. The fourth-order valence-electron chi connectivity index (χ4n) is 2.86. The summed E-state index contributed by atoms with van der Waals surface area (Å²) < 4.78 is 0. The van der Waals surface area contributed by atoms with Crippen LogP contribution < -0.4 is 5.32 Å². The SMILES string of the molecule is CCC1(C(=O)Cc2ccc(C)cc2Cl)CCCNC1. The molecule has 104 valence electrons. The molecule has 2 nitrogen and oxygen atoms in total. The summed E-state index contributed by atoms with van der Waals surface area (Å²) in [7, 11) is 0. The molecule has 2 rings (SSSR count). The summed E-state index contributed by atoms with van der Waals surface area (Å²) in [6, 6.07) is 5.93. The van der Waals surface area contributed by atoms with Gasteiger partial charge in [0.1, 0.15) is 5.78 Å². The van der Waals surface area contributed by atoms with Crippen LogP contribution in [0.2, 0.25) is 5.02 Å². The minimum absolute atomic E-state index is 0.188. The maximum absolute atomic E-state index is 12.7. The summed E-state index contributed by atoms with van der Waals surface area (Å²) in [6.45, 7) is 5.96. The Morgan fingerprint density at radius 3 is 2.84 bits per heavy atom. The van der Waals surface area contributed by atoms with E-state index in [4.69, 9.17) is 11.6 Å². The molecule has 1 aliphatic rings. The van der Waals surface area contributed by atoms with Gasteiger partial charge in [-0.05, 0) is 49.9 Å². The Morgan fingerprint density at radius 2 is 2.26 bits per heavy atom. The Morgan fingerprint density at radius 1 is 1.47 bits per heavy atom. The van der Waals surface area contributed by atoms with Crippen molar-refractivity contribution in [2.45, 2.75) is 39.5 Å². The van der Waals surface area contributed by atoms with Gasteiger partial charge in [-0.15, -0.1) is 0 Å². The fraction of sp³-hybridized carbons (Fsp3) is 0.562. The third-order valence-electron chi connectivity index (χ3n) is 4.30. The van der Waals surface area contributed by atoms with Crippen molar-refractivity contribution in [1.29, 1.82) is 0 Å². The zero-order chi connectivity index (χ0) is 13.9. The molecule has 1 atom stereocenters. The number of Topliss-reactive ketones (excluding diaryl/α,β-unsaturated/α-hetero) is 1. The number of hydrogen-bond donors (Lipinski definition) is 1. The predicted octanol–water partition coefficient (Wildman–Crippen LogP) is 3.54. The summed E-state index contributed by atoms with van der Waals surface area (Å²) in [4.78, 5) is 12.7. The van der Waals surface area contributed by atoms with Crippen LogP contribution in [-0.2, 0) is 11.2 Å². The maximum atomic E-state index is 12.7. The van der Waals surface area contributed by atoms with Crippen LogP contribution in [-0.4, -0.2) is 18.9 Å². The van der Waals surface area contributed by atoms with Crippen LogP contribution >= 0.6 is 11.6 Å². The largest absolute Gasteiger partial charge is 0.316 e. The highest BCUT2D eigenvalue weighted by Crippen LogP contribution is 2.33. The second-order valence-electron chi connectivity index (χ2n) is 5.61. The lowest BCUT2D eigenvalue weighted by Crippen LogP contribution is -2.45. The van der Waals surface area contributed by atoms with Crippen LogP contribution in [0.15, 0.2) is 18.2 Å². The number of carbonyl (C=O) groups is 1. The van der Waals surface area contributed by atoms with E-state index in [-0.39, 0.29) is 5.41 Å². The van der Waals surface area contributed by atoms with Crippen molar-refractivity contribution in [2.75, 3.05) is 13.1 Å². The van der Waals surface area contributed by atoms with Crippen LogP contribution in [0.1, 0.15) is 37.3 Å². The predicted molar refractivity (Wildman–Crippen MR) is 79.7 cm³/mol. The first kappa shape index (κ1) is 14.5. The van der Waals surface area contributed by atoms with Gasteiger partial charge in [0.15, 0.2) is 0 Å². The molecule has 0 bridgehead atoms. The molecular weight excluding hydrogens is 258 g/mol. The number of aryl methyl sites for hydroxylation is 1. The highest BCUT2D eigenvalue weighted by atomic mass is 35.5. The normalized spacial score (nSPS) is 23.3. The van der Waals surface area contributed by atoms with Crippen molar-refractivity contribution in [3.8, 4) is 0 Å². The van der Waals surface area contributed by atoms with Crippen molar-refractivity contribution >= 4 is 17.4 Å². The van der Waals surface area contributed by atoms with E-state index in [1.807, 2.05) is 25.1 Å². The number of carbonyl (C=O) groups excluding carboxylic acids is 1. The third kappa shape index (κ3) is 3.18. The van der Waals surface area contributed by atoms with E-state index in [0.29, 0.717) is 17.2 Å². The van der Waals surface area contributed by atoms with Crippen LogP contribution in [0.5, 0.6) is 0 Å². The van der Waals surface area contributed by atoms with Gasteiger partial charge in [0.05, 0.1) is 0 Å². The molecule has 1 unspecified atom stereocenters. The molecule has 1 aromatic carbocycles. The van der Waals surface area contributed by atoms with Crippen molar-refractivity contribution < 1.29 is 4.79 Å². The molecule has 1 fully saturated rings. The summed E-state index contributed by atoms with van der Waals surface area (Å²) in [5.41, 5.74) is 1.90. The van der Waals surface area contributed by atoms with Crippen molar-refractivity contribution in [2.24, 2.45) is 5.41 Å². The molecule has 0 radical (unpaired) electrons. The molecular formula is C16H22ClNO. The highest BCUT2D eigenvalue weighted by Gasteiger charge is 2.37. The Hall–Kier alpha value is -0.860. The first-order valence-electron chi connectivity index (χ1n) is 7.06. The standard InChI is InChI=1S/C16H22ClNO/c1-3-16(7-4-8-18-11-16)15(19)10-13-6-5-12(2)9-14(13)17/h5-6,9,18H,3-4,7-8,10-11H2,1-2H3. The van der Waals surface area contributed by atoms with Crippen LogP contribution in [0.3, 0.4) is 0 Å². The Labute approximate surface area is 120 Å². The number of benzene rings is 1. The number of nitrogens with one attached hydrogen (secondary N) is 1. The molecule has 19 heavy (non-hydrogen) atoms. The molecule has 0 saturated carbocycles. The molecule has 0 aliphatic carbocycles. The minimum atomic E-state index is -0.188. The van der Waals surface area contributed by atoms with E-state index in [1.54, 1.807) is 0 Å². The molecule has 0 amide bonds. The maximum Gasteiger partial charge on any atom is 0.144 e. The van der Waals surface area contributed by atoms with E-state index >= 15 is 0 Å². The van der Waals surface area contributed by atoms with E-state index < -0.39 is 0 Å². The van der Waals surface area contributed by atoms with Gasteiger partial charge in [0.25, 0.3) is 0 Å². The van der Waals surface area contributed by atoms with Gasteiger partial charge in [0.2, 0.25) is 0 Å². The molecule has 0 spiro atoms. The first-order chi connectivity index (χ1) is 9.07. The number of hydrogen-bond acceptors (Lipinski definition) is 2. The zero-order valence-corrected chi connectivity index (χ0v) is 12.5. The minimum Gasteiger partial charge on any atom is -0.316 e. The van der Waals surface area contributed by atoms with Crippen LogP contribution in [0, 0.1) is 12.3 Å². The second kappa shape index (κ2) is 6.06. The lowest BCUT2D eigenvalue weighted by Gasteiger charge is -2.35. The van der Waals surface area contributed by atoms with Crippen molar-refractivity contribution in [1.82, 2.24) is 5.32 Å². The Kier molecular flexibility index (Phi) is 4.64. The zero-order valence-electron chi connectivity index (χ0n) is 11.8. The average Bonchev–Trinajstić information content (AvgIpc) is 2.42. The molecule has 1 saturated heterocycles. The number of ketones is 1. The topological polar surface area (TPSA) is 29.1 Å². The summed E-state index contributed by atoms with van der Waals surface area (Å²) in [6.07, 6.45) is 3.44. The Bertz CT molecular complexity index is 464. The summed E-state index contributed by atoms with van der Waals surface area (Å²) >= 11 is 6.23. The molecule has 1 heterocycles. The number of halogens is 1. The van der Waals surface area contributed by atoms with Gasteiger partial charge in [-0.3, -0.25) is 4.79 Å². The lowest BCUT2D eigenvalue weighted by atomic mass is 9.73. The van der Waals surface area contributed by atoms with Gasteiger partial charge < -0.3 is 5.32 Å². The first-order valence-corrected chi connectivity index (χ1v) is 7.44. The van der Waals surface area contributed by atoms with Crippen molar-refractivity contribution in [3.63, 3.8) is 0 Å². The summed E-state index contributed by atoms with van der Waals surface area (Å²) in [5.74, 6) is 0.327.